The van der Waals surface area contributed by atoms with Gasteiger partial charge >= 0.3 is 0 Å². The quantitative estimate of drug-likeness (QED) is 0.130. The summed E-state index contributed by atoms with van der Waals surface area (Å²) in [7, 11) is 0. The molecule has 33 heavy (non-hydrogen) atoms. The van der Waals surface area contributed by atoms with E-state index in [1.807, 2.05) is 32.9 Å². The summed E-state index contributed by atoms with van der Waals surface area (Å²) >= 11 is 6.47. The van der Waals surface area contributed by atoms with Crippen LogP contribution in [0.15, 0.2) is 23.8 Å². The van der Waals surface area contributed by atoms with Crippen molar-refractivity contribution in [2.24, 2.45) is 17.3 Å². The lowest BCUT2D eigenvalue weighted by Crippen LogP contribution is -2.40. The number of carbonyl (C=O) groups excluding carboxylic acids is 2. The van der Waals surface area contributed by atoms with E-state index in [2.05, 4.69) is 19.9 Å². The van der Waals surface area contributed by atoms with Crippen LogP contribution in [0.2, 0.25) is 5.02 Å². The minimum atomic E-state index is -0.203. The highest BCUT2D eigenvalue weighted by atomic mass is 35.5. The van der Waals surface area contributed by atoms with Crippen LogP contribution in [0.5, 0.6) is 11.5 Å². The number of halogens is 1. The van der Waals surface area contributed by atoms with E-state index in [0.717, 1.165) is 24.8 Å². The van der Waals surface area contributed by atoms with Crippen LogP contribution in [-0.2, 0) is 16.1 Å². The number of benzene rings is 1. The van der Waals surface area contributed by atoms with Gasteiger partial charge in [0.15, 0.2) is 12.0 Å². The molecule has 3 unspecified atom stereocenters. The summed E-state index contributed by atoms with van der Waals surface area (Å²) in [5.41, 5.74) is 1.76. The van der Waals surface area contributed by atoms with Crippen molar-refractivity contribution < 1.29 is 24.5 Å². The van der Waals surface area contributed by atoms with E-state index >= 15 is 0 Å². The van der Waals surface area contributed by atoms with Gasteiger partial charge in [-0.25, -0.2) is 0 Å². The van der Waals surface area contributed by atoms with Crippen molar-refractivity contribution >= 4 is 23.7 Å². The maximum atomic E-state index is 12.3. The lowest BCUT2D eigenvalue weighted by Gasteiger charge is -2.42. The highest BCUT2D eigenvalue weighted by Gasteiger charge is 2.41. The molecule has 3 atom stereocenters. The molecule has 0 radical (unpaired) electrons. The Morgan fingerprint density at radius 1 is 1.33 bits per heavy atom. The Bertz CT molecular complexity index is 933. The summed E-state index contributed by atoms with van der Waals surface area (Å²) in [6.07, 6.45) is 10.3. The molecular formula is C27H37ClO5. The Morgan fingerprint density at radius 3 is 2.67 bits per heavy atom. The van der Waals surface area contributed by atoms with Crippen LogP contribution in [0.25, 0.3) is 0 Å². The monoisotopic (exact) mass is 476 g/mol. The van der Waals surface area contributed by atoms with Gasteiger partial charge in [0.05, 0.1) is 17.2 Å². The molecule has 1 fully saturated rings. The lowest BCUT2D eigenvalue weighted by molar-refractivity contribution is -0.207. The first-order valence-electron chi connectivity index (χ1n) is 11.8. The highest BCUT2D eigenvalue weighted by Crippen LogP contribution is 2.45. The summed E-state index contributed by atoms with van der Waals surface area (Å²) in [6, 6.07) is 0. The molecule has 2 rings (SSSR count). The second-order valence-corrected chi connectivity index (χ2v) is 9.74. The van der Waals surface area contributed by atoms with Gasteiger partial charge in [-0.1, -0.05) is 69.5 Å². The number of phenols is 1. The van der Waals surface area contributed by atoms with Crippen molar-refractivity contribution in [2.75, 3.05) is 6.61 Å². The van der Waals surface area contributed by atoms with Crippen LogP contribution < -0.4 is 4.89 Å². The van der Waals surface area contributed by atoms with Crippen LogP contribution in [0, 0.1) is 24.2 Å². The van der Waals surface area contributed by atoms with Gasteiger partial charge in [-0.3, -0.25) is 9.59 Å². The number of allylic oxidation sites excluding steroid dienone is 4. The van der Waals surface area contributed by atoms with Crippen LogP contribution in [-0.4, -0.2) is 23.8 Å². The van der Waals surface area contributed by atoms with Gasteiger partial charge in [-0.05, 0) is 50.0 Å². The first-order chi connectivity index (χ1) is 15.6. The van der Waals surface area contributed by atoms with Crippen molar-refractivity contribution in [3.05, 3.63) is 45.5 Å². The second-order valence-electron chi connectivity index (χ2n) is 9.37. The topological polar surface area (TPSA) is 72.8 Å². The summed E-state index contributed by atoms with van der Waals surface area (Å²) in [4.78, 5) is 34.6. The van der Waals surface area contributed by atoms with Crippen molar-refractivity contribution in [2.45, 2.75) is 73.6 Å². The van der Waals surface area contributed by atoms with E-state index in [0.29, 0.717) is 48.6 Å². The van der Waals surface area contributed by atoms with Crippen LogP contribution in [0.1, 0.15) is 81.8 Å². The van der Waals surface area contributed by atoms with Crippen LogP contribution >= 0.6 is 11.6 Å². The van der Waals surface area contributed by atoms with Gasteiger partial charge < -0.3 is 9.99 Å². The standard InChI is InChI=1S/C27H37ClO5/c1-7-8-15-32-33-26-21(25(31)22(16-29)19(4)24(26)28)11-9-17(2)13-14-27(6)18(3)10-12-23(30)20(27)5/h9,13-14,16,18,20,31H,7-8,10-12,15H2,1-6H3/b14-13+,17-9+. The zero-order valence-electron chi connectivity index (χ0n) is 20.7. The average molecular weight is 477 g/mol. The number of carbonyl (C=O) groups is 2. The van der Waals surface area contributed by atoms with E-state index < -0.39 is 0 Å². The number of aromatic hydroxyl groups is 1. The predicted molar refractivity (Wildman–Crippen MR) is 132 cm³/mol. The SMILES string of the molecule is CCCCOOc1c(Cl)c(C)c(C=O)c(O)c1C/C=C(C)/C=C/C1(C)C(C)CCC(=O)C1C. The molecule has 0 bridgehead atoms. The maximum Gasteiger partial charge on any atom is 0.191 e. The van der Waals surface area contributed by atoms with Gasteiger partial charge in [0.25, 0.3) is 0 Å². The van der Waals surface area contributed by atoms with Crippen LogP contribution in [0.4, 0.5) is 0 Å². The first kappa shape index (κ1) is 27.1. The number of unbranched alkanes of at least 4 members (excludes halogenated alkanes) is 1. The Labute approximate surface area is 202 Å². The average Bonchev–Trinajstić information content (AvgIpc) is 2.79. The molecule has 0 saturated heterocycles. The number of hydrogen-bond donors (Lipinski definition) is 1. The van der Waals surface area contributed by atoms with Crippen LogP contribution in [0.3, 0.4) is 0 Å². The maximum absolute atomic E-state index is 12.3. The third-order valence-corrected chi connectivity index (χ3v) is 7.68. The third kappa shape index (κ3) is 6.07. The fourth-order valence-electron chi connectivity index (χ4n) is 4.20. The van der Waals surface area contributed by atoms with E-state index in [9.17, 15) is 14.7 Å². The third-order valence-electron chi connectivity index (χ3n) is 7.22. The molecule has 1 N–H and O–H groups in total. The highest BCUT2D eigenvalue weighted by molar-refractivity contribution is 6.33. The van der Waals surface area contributed by atoms with E-state index in [1.54, 1.807) is 6.92 Å². The lowest BCUT2D eigenvalue weighted by atomic mass is 9.61. The zero-order valence-corrected chi connectivity index (χ0v) is 21.4. The van der Waals surface area contributed by atoms with Gasteiger partial charge in [-0.2, -0.15) is 4.89 Å². The van der Waals surface area contributed by atoms with Gasteiger partial charge in [0, 0.05) is 17.9 Å². The molecule has 0 spiro atoms. The molecule has 0 heterocycles. The molecule has 0 aliphatic heterocycles. The van der Waals surface area contributed by atoms with Crippen molar-refractivity contribution in [1.29, 1.82) is 0 Å². The number of rotatable bonds is 10. The number of aldehydes is 1. The molecule has 1 aliphatic rings. The molecular weight excluding hydrogens is 440 g/mol. The fraction of sp³-hybridized carbons (Fsp3) is 0.556. The Balaban J connectivity index is 2.32. The molecule has 0 amide bonds. The predicted octanol–water partition coefficient (Wildman–Crippen LogP) is 6.96. The zero-order chi connectivity index (χ0) is 24.8. The molecule has 5 nitrogen and oxygen atoms in total. The normalized spacial score (nSPS) is 23.8. The Morgan fingerprint density at radius 2 is 2.03 bits per heavy atom. The number of hydrogen-bond acceptors (Lipinski definition) is 5. The van der Waals surface area contributed by atoms with E-state index in [4.69, 9.17) is 21.4 Å². The smallest absolute Gasteiger partial charge is 0.191 e. The minimum Gasteiger partial charge on any atom is -0.507 e. The van der Waals surface area contributed by atoms with Gasteiger partial charge in [0.1, 0.15) is 11.5 Å². The number of phenolic OH excluding ortho intramolecular Hbond substituents is 1. The Hall–Kier alpha value is -2.11. The second kappa shape index (κ2) is 11.8. The molecule has 0 aromatic heterocycles. The van der Waals surface area contributed by atoms with Gasteiger partial charge in [0.2, 0.25) is 0 Å². The first-order valence-corrected chi connectivity index (χ1v) is 12.1. The van der Waals surface area contributed by atoms with E-state index in [1.165, 1.54) is 0 Å². The minimum absolute atomic E-state index is 0.0272. The fourth-order valence-corrected chi connectivity index (χ4v) is 4.45. The molecule has 182 valence electrons. The van der Waals surface area contributed by atoms with Crippen molar-refractivity contribution in [3.63, 3.8) is 0 Å². The van der Waals surface area contributed by atoms with Crippen molar-refractivity contribution in [1.82, 2.24) is 0 Å². The molecule has 1 aromatic rings. The summed E-state index contributed by atoms with van der Waals surface area (Å²) in [6.45, 7) is 12.4. The largest absolute Gasteiger partial charge is 0.507 e. The molecule has 6 heteroatoms. The molecule has 1 saturated carbocycles. The molecule has 1 aliphatic carbocycles. The van der Waals surface area contributed by atoms with Gasteiger partial charge in [-0.15, -0.1) is 0 Å². The summed E-state index contributed by atoms with van der Waals surface area (Å²) in [5.74, 6) is 0.771. The summed E-state index contributed by atoms with van der Waals surface area (Å²) < 4.78 is 0. The number of Topliss-reactive ketones (excluding diaryl/α,β-unsaturated/α-hetero) is 1. The number of ketones is 1. The Kier molecular flexibility index (Phi) is 9.74. The summed E-state index contributed by atoms with van der Waals surface area (Å²) in [5, 5.41) is 11.0. The van der Waals surface area contributed by atoms with Crippen molar-refractivity contribution in [3.8, 4) is 11.5 Å². The van der Waals surface area contributed by atoms with E-state index in [-0.39, 0.29) is 33.4 Å². The molecule has 1 aromatic carbocycles.